The van der Waals surface area contributed by atoms with Crippen molar-refractivity contribution in [2.45, 2.75) is 19.2 Å². The summed E-state index contributed by atoms with van der Waals surface area (Å²) >= 11 is 2.79. The fourth-order valence-corrected chi connectivity index (χ4v) is 3.63. The van der Waals surface area contributed by atoms with Crippen molar-refractivity contribution in [3.8, 4) is 5.75 Å². The Morgan fingerprint density at radius 1 is 1.38 bits per heavy atom. The first-order valence-electron chi connectivity index (χ1n) is 6.80. The van der Waals surface area contributed by atoms with E-state index in [1.165, 1.54) is 12.5 Å². The van der Waals surface area contributed by atoms with Crippen LogP contribution in [0.15, 0.2) is 24.3 Å². The Labute approximate surface area is 133 Å². The fraction of sp³-hybridized carbons (Fsp3) is 0.467. The summed E-state index contributed by atoms with van der Waals surface area (Å²) in [7, 11) is 0. The molecule has 1 aliphatic rings. The molecule has 6 heteroatoms. The highest BCUT2D eigenvalue weighted by Crippen LogP contribution is 2.25. The molecule has 1 fully saturated rings. The van der Waals surface area contributed by atoms with Gasteiger partial charge in [-0.25, -0.2) is 0 Å². The van der Waals surface area contributed by atoms with Crippen molar-refractivity contribution in [1.82, 2.24) is 4.90 Å². The van der Waals surface area contributed by atoms with Crippen LogP contribution in [-0.2, 0) is 9.59 Å². The van der Waals surface area contributed by atoms with E-state index in [4.69, 9.17) is 4.74 Å². The Balaban J connectivity index is 1.85. The average molecular weight is 325 g/mol. The molecule has 114 valence electrons. The maximum absolute atomic E-state index is 12.1. The van der Waals surface area contributed by atoms with E-state index in [0.717, 1.165) is 29.8 Å². The van der Waals surface area contributed by atoms with Crippen LogP contribution in [0.2, 0.25) is 0 Å². The maximum Gasteiger partial charge on any atom is 0.234 e. The van der Waals surface area contributed by atoms with Crippen molar-refractivity contribution >= 4 is 34.5 Å². The summed E-state index contributed by atoms with van der Waals surface area (Å²) in [4.78, 5) is 24.9. The molecule has 0 aromatic heterocycles. The van der Waals surface area contributed by atoms with Gasteiger partial charge in [-0.2, -0.15) is 0 Å². The molecule has 4 nitrogen and oxygen atoms in total. The third kappa shape index (κ3) is 4.97. The summed E-state index contributed by atoms with van der Waals surface area (Å²) in [5.74, 6) is 1.96. The number of nitrogens with zero attached hydrogens (tertiary/aromatic N) is 1. The number of carbonyl (C=O) groups is 2. The minimum Gasteiger partial charge on any atom is -0.491 e. The molecule has 0 spiro atoms. The van der Waals surface area contributed by atoms with E-state index < -0.39 is 0 Å². The summed E-state index contributed by atoms with van der Waals surface area (Å²) in [6.07, 6.45) is 0. The Bertz CT molecular complexity index is 504. The highest BCUT2D eigenvalue weighted by atomic mass is 32.2. The largest absolute Gasteiger partial charge is 0.491 e. The molecule has 21 heavy (non-hydrogen) atoms. The zero-order chi connectivity index (χ0) is 15.2. The SMILES string of the molecule is CC(=O)SCC(=O)N1CCSC1COc1ccc(C)cc1. The van der Waals surface area contributed by atoms with Crippen LogP contribution in [0.5, 0.6) is 5.75 Å². The van der Waals surface area contributed by atoms with Gasteiger partial charge in [-0.15, -0.1) is 11.8 Å². The third-order valence-corrected chi connectivity index (χ3v) is 5.11. The van der Waals surface area contributed by atoms with Crippen LogP contribution in [0.4, 0.5) is 0 Å². The number of aryl methyl sites for hydroxylation is 1. The van der Waals surface area contributed by atoms with Gasteiger partial charge >= 0.3 is 0 Å². The zero-order valence-electron chi connectivity index (χ0n) is 12.2. The van der Waals surface area contributed by atoms with Crippen molar-refractivity contribution in [3.63, 3.8) is 0 Å². The molecular formula is C15H19NO3S2. The topological polar surface area (TPSA) is 46.6 Å². The van der Waals surface area contributed by atoms with Gasteiger partial charge in [-0.05, 0) is 19.1 Å². The number of amides is 1. The van der Waals surface area contributed by atoms with Crippen molar-refractivity contribution in [2.75, 3.05) is 24.7 Å². The smallest absolute Gasteiger partial charge is 0.234 e. The summed E-state index contributed by atoms with van der Waals surface area (Å²) in [6, 6.07) is 7.88. The van der Waals surface area contributed by atoms with Crippen LogP contribution in [0.3, 0.4) is 0 Å². The summed E-state index contributed by atoms with van der Waals surface area (Å²) < 4.78 is 5.76. The van der Waals surface area contributed by atoms with Crippen molar-refractivity contribution in [3.05, 3.63) is 29.8 Å². The Hall–Kier alpha value is -1.14. The molecule has 0 aliphatic carbocycles. The molecule has 1 heterocycles. The van der Waals surface area contributed by atoms with Crippen LogP contribution in [0.25, 0.3) is 0 Å². The Kier molecular flexibility index (Phi) is 5.99. The van der Waals surface area contributed by atoms with Gasteiger partial charge in [0, 0.05) is 19.2 Å². The first-order valence-corrected chi connectivity index (χ1v) is 8.83. The Morgan fingerprint density at radius 3 is 2.76 bits per heavy atom. The highest BCUT2D eigenvalue weighted by molar-refractivity contribution is 8.14. The molecule has 1 atom stereocenters. The van der Waals surface area contributed by atoms with Gasteiger partial charge in [-0.3, -0.25) is 9.59 Å². The molecule has 0 bridgehead atoms. The second-order valence-corrected chi connectivity index (χ2v) is 7.25. The van der Waals surface area contributed by atoms with E-state index in [0.29, 0.717) is 6.61 Å². The van der Waals surface area contributed by atoms with E-state index in [9.17, 15) is 9.59 Å². The van der Waals surface area contributed by atoms with E-state index in [1.54, 1.807) is 11.8 Å². The van der Waals surface area contributed by atoms with E-state index >= 15 is 0 Å². The van der Waals surface area contributed by atoms with Crippen LogP contribution >= 0.6 is 23.5 Å². The van der Waals surface area contributed by atoms with Crippen LogP contribution < -0.4 is 4.74 Å². The molecule has 1 amide bonds. The normalized spacial score (nSPS) is 17.8. The van der Waals surface area contributed by atoms with Gasteiger partial charge in [0.25, 0.3) is 0 Å². The average Bonchev–Trinajstić information content (AvgIpc) is 2.92. The molecule has 2 rings (SSSR count). The van der Waals surface area contributed by atoms with Crippen LogP contribution in [-0.4, -0.2) is 46.0 Å². The molecule has 0 radical (unpaired) electrons. The highest BCUT2D eigenvalue weighted by Gasteiger charge is 2.29. The van der Waals surface area contributed by atoms with E-state index in [-0.39, 0.29) is 22.1 Å². The minimum absolute atomic E-state index is 0.0118. The molecule has 1 aliphatic heterocycles. The number of ether oxygens (including phenoxy) is 1. The standard InChI is InChI=1S/C15H19NO3S2/c1-11-3-5-13(6-4-11)19-9-15-16(7-8-20-15)14(18)10-21-12(2)17/h3-6,15H,7-10H2,1-2H3. The van der Waals surface area contributed by atoms with Gasteiger partial charge < -0.3 is 9.64 Å². The minimum atomic E-state index is -0.0253. The maximum atomic E-state index is 12.1. The zero-order valence-corrected chi connectivity index (χ0v) is 13.8. The van der Waals surface area contributed by atoms with Gasteiger partial charge in [-0.1, -0.05) is 29.5 Å². The lowest BCUT2D eigenvalue weighted by atomic mass is 10.2. The van der Waals surface area contributed by atoms with Gasteiger partial charge in [0.2, 0.25) is 5.91 Å². The lowest BCUT2D eigenvalue weighted by Crippen LogP contribution is -2.39. The second kappa shape index (κ2) is 7.75. The van der Waals surface area contributed by atoms with Crippen LogP contribution in [0.1, 0.15) is 12.5 Å². The molecule has 0 N–H and O–H groups in total. The number of rotatable bonds is 5. The molecule has 1 aromatic carbocycles. The predicted molar refractivity (Wildman–Crippen MR) is 87.8 cm³/mol. The lowest BCUT2D eigenvalue weighted by molar-refractivity contribution is -0.129. The van der Waals surface area contributed by atoms with Crippen molar-refractivity contribution < 1.29 is 14.3 Å². The number of benzene rings is 1. The quantitative estimate of drug-likeness (QED) is 0.832. The van der Waals surface area contributed by atoms with Crippen LogP contribution in [0, 0.1) is 6.92 Å². The van der Waals surface area contributed by atoms with Crippen molar-refractivity contribution in [2.24, 2.45) is 0 Å². The first-order chi connectivity index (χ1) is 10.1. The van der Waals surface area contributed by atoms with E-state index in [2.05, 4.69) is 0 Å². The molecular weight excluding hydrogens is 306 g/mol. The monoisotopic (exact) mass is 325 g/mol. The van der Waals surface area contributed by atoms with Gasteiger partial charge in [0.1, 0.15) is 17.7 Å². The number of hydrogen-bond acceptors (Lipinski definition) is 5. The Morgan fingerprint density at radius 2 is 2.10 bits per heavy atom. The summed E-state index contributed by atoms with van der Waals surface area (Å²) in [5, 5.41) is 0.00835. The van der Waals surface area contributed by atoms with Gasteiger partial charge in [0.05, 0.1) is 5.75 Å². The molecule has 0 saturated carbocycles. The first kappa shape index (κ1) is 16.2. The third-order valence-electron chi connectivity index (χ3n) is 3.12. The second-order valence-electron chi connectivity index (χ2n) is 4.82. The summed E-state index contributed by atoms with van der Waals surface area (Å²) in [5.41, 5.74) is 1.19. The summed E-state index contributed by atoms with van der Waals surface area (Å²) in [6.45, 7) is 4.71. The van der Waals surface area contributed by atoms with Crippen molar-refractivity contribution in [1.29, 1.82) is 0 Å². The number of thioether (sulfide) groups is 2. The predicted octanol–water partition coefficient (Wildman–Crippen LogP) is 2.56. The number of carbonyl (C=O) groups excluding carboxylic acids is 2. The molecule has 1 unspecified atom stereocenters. The van der Waals surface area contributed by atoms with Gasteiger partial charge in [0.15, 0.2) is 5.12 Å². The fourth-order valence-electron chi connectivity index (χ4n) is 1.99. The number of hydrogen-bond donors (Lipinski definition) is 0. The molecule has 1 aromatic rings. The van der Waals surface area contributed by atoms with E-state index in [1.807, 2.05) is 36.1 Å². The molecule has 1 saturated heterocycles. The lowest BCUT2D eigenvalue weighted by Gasteiger charge is -2.23.